The van der Waals surface area contributed by atoms with Crippen LogP contribution in [-0.2, 0) is 0 Å². The zero-order chi connectivity index (χ0) is 33.0. The third-order valence-corrected chi connectivity index (χ3v) is 10.9. The Bertz CT molecular complexity index is 2790. The van der Waals surface area contributed by atoms with E-state index in [1.165, 1.54) is 53.1 Å². The summed E-state index contributed by atoms with van der Waals surface area (Å²) in [6, 6.07) is 62.4. The lowest BCUT2D eigenvalue weighted by atomic mass is 10.0. The highest BCUT2D eigenvalue weighted by molar-refractivity contribution is 7.26. The van der Waals surface area contributed by atoms with Crippen molar-refractivity contribution in [3.8, 4) is 50.7 Å². The van der Waals surface area contributed by atoms with E-state index in [-0.39, 0.29) is 0 Å². The Hall–Kier alpha value is -6.36. The molecule has 0 spiro atoms. The van der Waals surface area contributed by atoms with Crippen molar-refractivity contribution in [2.75, 3.05) is 0 Å². The van der Waals surface area contributed by atoms with Crippen LogP contribution < -0.4 is 0 Å². The Morgan fingerprint density at radius 3 is 1.74 bits per heavy atom. The van der Waals surface area contributed by atoms with E-state index < -0.39 is 0 Å². The molecule has 0 atom stereocenters. The van der Waals surface area contributed by atoms with E-state index in [9.17, 15) is 0 Å². The first-order chi connectivity index (χ1) is 24.8. The van der Waals surface area contributed by atoms with Crippen molar-refractivity contribution < 1.29 is 0 Å². The van der Waals surface area contributed by atoms with Crippen LogP contribution in [0.4, 0.5) is 0 Å². The molecule has 4 heteroatoms. The van der Waals surface area contributed by atoms with Crippen LogP contribution in [0.3, 0.4) is 0 Å². The van der Waals surface area contributed by atoms with Crippen LogP contribution in [0.2, 0.25) is 0 Å². The molecule has 0 saturated carbocycles. The molecule has 0 bridgehead atoms. The molecular weight excluding hydrogens is 627 g/mol. The summed E-state index contributed by atoms with van der Waals surface area (Å²) in [4.78, 5) is 10.1. The minimum Gasteiger partial charge on any atom is -0.309 e. The fourth-order valence-corrected chi connectivity index (χ4v) is 8.48. The molecular formula is C46H29N3S. The van der Waals surface area contributed by atoms with Crippen LogP contribution in [0.25, 0.3) is 92.7 Å². The average molecular weight is 656 g/mol. The van der Waals surface area contributed by atoms with Crippen molar-refractivity contribution in [1.82, 2.24) is 14.5 Å². The first kappa shape index (κ1) is 28.6. The number of hydrogen-bond donors (Lipinski definition) is 0. The molecule has 0 unspecified atom stereocenters. The molecule has 10 aromatic rings. The molecule has 0 radical (unpaired) electrons. The molecule has 10 rings (SSSR count). The van der Waals surface area contributed by atoms with E-state index in [0.717, 1.165) is 33.8 Å². The van der Waals surface area contributed by atoms with Crippen molar-refractivity contribution in [2.45, 2.75) is 0 Å². The summed E-state index contributed by atoms with van der Waals surface area (Å²) in [5.41, 5.74) is 10.9. The second-order valence-electron chi connectivity index (χ2n) is 12.6. The third-order valence-electron chi connectivity index (χ3n) is 9.64. The van der Waals surface area contributed by atoms with Gasteiger partial charge in [-0.2, -0.15) is 0 Å². The van der Waals surface area contributed by atoms with Gasteiger partial charge in [0.25, 0.3) is 0 Å². The SMILES string of the molecule is c1ccc(-c2cc(-c3ccccc3)nc(-c3ccc(-n4c5ccccc5c5cc(-c6cccc7c6sc6ccccc67)ccc54)cc3)n2)cc1. The summed E-state index contributed by atoms with van der Waals surface area (Å²) in [6.07, 6.45) is 0. The highest BCUT2D eigenvalue weighted by Gasteiger charge is 2.16. The van der Waals surface area contributed by atoms with Crippen molar-refractivity contribution in [1.29, 1.82) is 0 Å². The van der Waals surface area contributed by atoms with Gasteiger partial charge in [-0.1, -0.05) is 121 Å². The summed E-state index contributed by atoms with van der Waals surface area (Å²) in [5, 5.41) is 5.12. The van der Waals surface area contributed by atoms with Crippen LogP contribution in [0.5, 0.6) is 0 Å². The number of benzene rings is 7. The van der Waals surface area contributed by atoms with E-state index >= 15 is 0 Å². The highest BCUT2D eigenvalue weighted by atomic mass is 32.1. The Morgan fingerprint density at radius 1 is 0.400 bits per heavy atom. The van der Waals surface area contributed by atoms with Crippen molar-refractivity contribution >= 4 is 53.3 Å². The minimum absolute atomic E-state index is 0.707. The first-order valence-electron chi connectivity index (χ1n) is 16.8. The van der Waals surface area contributed by atoms with Gasteiger partial charge in [0, 0.05) is 53.3 Å². The fourth-order valence-electron chi connectivity index (χ4n) is 7.24. The van der Waals surface area contributed by atoms with E-state index in [2.05, 4.69) is 144 Å². The third kappa shape index (κ3) is 4.73. The van der Waals surface area contributed by atoms with Gasteiger partial charge in [-0.05, 0) is 65.7 Å². The quantitative estimate of drug-likeness (QED) is 0.185. The summed E-state index contributed by atoms with van der Waals surface area (Å²) in [5.74, 6) is 0.707. The van der Waals surface area contributed by atoms with Crippen LogP contribution in [-0.4, -0.2) is 14.5 Å². The average Bonchev–Trinajstić information content (AvgIpc) is 3.74. The maximum atomic E-state index is 5.05. The largest absolute Gasteiger partial charge is 0.309 e. The Morgan fingerprint density at radius 2 is 1.00 bits per heavy atom. The van der Waals surface area contributed by atoms with E-state index in [4.69, 9.17) is 9.97 Å². The molecule has 0 amide bonds. The molecule has 0 aliphatic carbocycles. The topological polar surface area (TPSA) is 30.7 Å². The van der Waals surface area contributed by atoms with Gasteiger partial charge >= 0.3 is 0 Å². The van der Waals surface area contributed by atoms with Gasteiger partial charge in [-0.25, -0.2) is 9.97 Å². The lowest BCUT2D eigenvalue weighted by molar-refractivity contribution is 1.16. The molecule has 50 heavy (non-hydrogen) atoms. The summed E-state index contributed by atoms with van der Waals surface area (Å²) < 4.78 is 5.03. The molecule has 3 aromatic heterocycles. The van der Waals surface area contributed by atoms with E-state index in [0.29, 0.717) is 5.82 Å². The number of thiophene rings is 1. The van der Waals surface area contributed by atoms with Gasteiger partial charge in [0.2, 0.25) is 0 Å². The molecule has 3 heterocycles. The van der Waals surface area contributed by atoms with Crippen LogP contribution in [0, 0.1) is 0 Å². The molecule has 0 aliphatic rings. The number of aromatic nitrogens is 3. The molecule has 0 fully saturated rings. The minimum atomic E-state index is 0.707. The van der Waals surface area contributed by atoms with Gasteiger partial charge in [0.05, 0.1) is 22.4 Å². The number of hydrogen-bond acceptors (Lipinski definition) is 3. The van der Waals surface area contributed by atoms with Crippen molar-refractivity contribution in [3.05, 3.63) is 176 Å². The smallest absolute Gasteiger partial charge is 0.160 e. The molecule has 234 valence electrons. The zero-order valence-corrected chi connectivity index (χ0v) is 27.8. The van der Waals surface area contributed by atoms with Gasteiger partial charge in [0.1, 0.15) is 0 Å². The Balaban J connectivity index is 1.09. The first-order valence-corrected chi connectivity index (χ1v) is 17.6. The predicted molar refractivity (Wildman–Crippen MR) is 211 cm³/mol. The van der Waals surface area contributed by atoms with Crippen molar-refractivity contribution in [3.63, 3.8) is 0 Å². The lowest BCUT2D eigenvalue weighted by Crippen LogP contribution is -1.97. The summed E-state index contributed by atoms with van der Waals surface area (Å²) >= 11 is 1.88. The second kappa shape index (κ2) is 11.7. The van der Waals surface area contributed by atoms with Crippen LogP contribution >= 0.6 is 11.3 Å². The maximum absolute atomic E-state index is 5.05. The van der Waals surface area contributed by atoms with E-state index in [1.807, 2.05) is 47.7 Å². The van der Waals surface area contributed by atoms with Crippen LogP contribution in [0.15, 0.2) is 176 Å². The van der Waals surface area contributed by atoms with Gasteiger partial charge in [-0.15, -0.1) is 11.3 Å². The van der Waals surface area contributed by atoms with Gasteiger partial charge in [0.15, 0.2) is 5.82 Å². The normalized spacial score (nSPS) is 11.6. The molecule has 0 aliphatic heterocycles. The molecule has 7 aromatic carbocycles. The molecule has 0 N–H and O–H groups in total. The fraction of sp³-hybridized carbons (Fsp3) is 0. The zero-order valence-electron chi connectivity index (χ0n) is 27.0. The number of nitrogens with zero attached hydrogens (tertiary/aromatic N) is 3. The molecule has 3 nitrogen and oxygen atoms in total. The summed E-state index contributed by atoms with van der Waals surface area (Å²) in [7, 11) is 0. The van der Waals surface area contributed by atoms with Gasteiger partial charge < -0.3 is 4.57 Å². The number of para-hydroxylation sites is 1. The molecule has 0 saturated heterocycles. The van der Waals surface area contributed by atoms with Crippen LogP contribution in [0.1, 0.15) is 0 Å². The number of rotatable bonds is 5. The Kier molecular flexibility index (Phi) is 6.68. The van der Waals surface area contributed by atoms with Gasteiger partial charge in [-0.3, -0.25) is 0 Å². The predicted octanol–water partition coefficient (Wildman–Crippen LogP) is 12.6. The van der Waals surface area contributed by atoms with Crippen molar-refractivity contribution in [2.24, 2.45) is 0 Å². The lowest BCUT2D eigenvalue weighted by Gasteiger charge is -2.11. The monoisotopic (exact) mass is 655 g/mol. The number of fused-ring (bicyclic) bond motifs is 6. The second-order valence-corrected chi connectivity index (χ2v) is 13.7. The standard InChI is InChI=1S/C46H29N3S/c1-3-12-30(13-4-1)40-29-41(31-14-5-2-6-15-31)48-46(47-40)32-22-25-34(26-23-32)49-42-20-9-7-16-36(42)39-28-33(24-27-43(39)49)35-18-11-19-38-37-17-8-10-21-44(37)50-45(35)38/h1-29H. The summed E-state index contributed by atoms with van der Waals surface area (Å²) in [6.45, 7) is 0. The Labute approximate surface area is 293 Å². The van der Waals surface area contributed by atoms with E-state index in [1.54, 1.807) is 0 Å². The highest BCUT2D eigenvalue weighted by Crippen LogP contribution is 2.42. The maximum Gasteiger partial charge on any atom is 0.160 e.